The number of thioether (sulfide) groups is 1. The molecule has 0 aromatic carbocycles. The first-order chi connectivity index (χ1) is 11.9. The summed E-state index contributed by atoms with van der Waals surface area (Å²) in [6, 6.07) is 1.81. The lowest BCUT2D eigenvalue weighted by atomic mass is 9.92. The first-order valence-electron chi connectivity index (χ1n) is 8.57. The molecule has 0 spiro atoms. The van der Waals surface area contributed by atoms with Crippen molar-refractivity contribution >= 4 is 17.7 Å². The summed E-state index contributed by atoms with van der Waals surface area (Å²) in [5.41, 5.74) is 0.805. The molecule has 2 aromatic rings. The van der Waals surface area contributed by atoms with Crippen molar-refractivity contribution in [3.63, 3.8) is 0 Å². The minimum atomic E-state index is -0.262. The number of furan rings is 1. The molecule has 25 heavy (non-hydrogen) atoms. The van der Waals surface area contributed by atoms with E-state index in [2.05, 4.69) is 24.0 Å². The molecule has 1 fully saturated rings. The predicted molar refractivity (Wildman–Crippen MR) is 97.5 cm³/mol. The molecule has 0 aliphatic carbocycles. The highest BCUT2D eigenvalue weighted by Gasteiger charge is 2.30. The Balaban J connectivity index is 1.71. The fourth-order valence-corrected chi connectivity index (χ4v) is 4.32. The normalized spacial score (nSPS) is 22.2. The molecule has 2 N–H and O–H groups in total. The van der Waals surface area contributed by atoms with E-state index in [1.807, 2.05) is 24.8 Å². The van der Waals surface area contributed by atoms with Crippen LogP contribution in [0.15, 0.2) is 21.9 Å². The Morgan fingerprint density at radius 1 is 1.36 bits per heavy atom. The van der Waals surface area contributed by atoms with Crippen LogP contribution in [0.25, 0.3) is 11.4 Å². The number of nitrogens with two attached hydrogens (primary N) is 1. The number of hydrogen-bond acceptors (Lipinski definition) is 6. The van der Waals surface area contributed by atoms with E-state index in [-0.39, 0.29) is 11.2 Å². The Bertz CT molecular complexity index is 746. The number of carbonyl (C=O) groups is 1. The van der Waals surface area contributed by atoms with Gasteiger partial charge in [0.15, 0.2) is 5.82 Å². The van der Waals surface area contributed by atoms with Gasteiger partial charge < -0.3 is 15.2 Å². The lowest BCUT2D eigenvalue weighted by molar-refractivity contribution is -0.132. The Kier molecular flexibility index (Phi) is 5.08. The maximum absolute atomic E-state index is 12.8. The zero-order valence-electron chi connectivity index (χ0n) is 15.1. The van der Waals surface area contributed by atoms with Gasteiger partial charge in [0.05, 0.1) is 17.1 Å². The largest absolute Gasteiger partial charge is 0.469 e. The van der Waals surface area contributed by atoms with E-state index in [4.69, 9.17) is 10.3 Å². The molecule has 2 aromatic heterocycles. The lowest BCUT2D eigenvalue weighted by Crippen LogP contribution is -2.45. The van der Waals surface area contributed by atoms with Crippen LogP contribution in [0.2, 0.25) is 0 Å². The summed E-state index contributed by atoms with van der Waals surface area (Å²) in [5.74, 6) is 8.62. The Morgan fingerprint density at radius 3 is 2.64 bits per heavy atom. The maximum Gasteiger partial charge on any atom is 0.235 e. The van der Waals surface area contributed by atoms with Gasteiger partial charge in [0.1, 0.15) is 5.76 Å². The van der Waals surface area contributed by atoms with Crippen molar-refractivity contribution in [2.75, 3.05) is 18.9 Å². The van der Waals surface area contributed by atoms with Crippen LogP contribution in [0.3, 0.4) is 0 Å². The monoisotopic (exact) mass is 363 g/mol. The number of nitrogen functional groups attached to an aromatic ring is 1. The molecular weight excluding hydrogens is 338 g/mol. The molecule has 1 aliphatic heterocycles. The number of amides is 1. The third kappa shape index (κ3) is 3.68. The minimum absolute atomic E-state index is 0.132. The van der Waals surface area contributed by atoms with Gasteiger partial charge in [-0.25, -0.2) is 4.68 Å². The molecule has 136 valence electrons. The SMILES string of the molecule is Cc1occc1-c1nnc(SC(C)C(=O)N2CC(C)CC(C)C2)n1N. The van der Waals surface area contributed by atoms with Crippen LogP contribution >= 0.6 is 11.8 Å². The summed E-state index contributed by atoms with van der Waals surface area (Å²) in [4.78, 5) is 14.8. The number of likely N-dealkylation sites (tertiary alicyclic amines) is 1. The zero-order chi connectivity index (χ0) is 18.1. The second-order valence-electron chi connectivity index (χ2n) is 7.02. The molecule has 3 unspecified atom stereocenters. The van der Waals surface area contributed by atoms with Crippen LogP contribution in [-0.2, 0) is 4.79 Å². The fourth-order valence-electron chi connectivity index (χ4n) is 3.47. The minimum Gasteiger partial charge on any atom is -0.469 e. The molecule has 1 aliphatic rings. The molecular formula is C17H25N5O2S. The number of rotatable bonds is 4. The van der Waals surface area contributed by atoms with Gasteiger partial charge in [0, 0.05) is 13.1 Å². The van der Waals surface area contributed by atoms with Crippen molar-refractivity contribution in [2.24, 2.45) is 11.8 Å². The number of aromatic nitrogens is 3. The molecule has 3 heterocycles. The summed E-state index contributed by atoms with van der Waals surface area (Å²) < 4.78 is 6.72. The van der Waals surface area contributed by atoms with Crippen LogP contribution in [-0.4, -0.2) is 44.0 Å². The second-order valence-corrected chi connectivity index (χ2v) is 8.32. The summed E-state index contributed by atoms with van der Waals surface area (Å²) >= 11 is 1.34. The maximum atomic E-state index is 12.8. The molecule has 0 saturated carbocycles. The third-order valence-corrected chi connectivity index (χ3v) is 5.62. The average Bonchev–Trinajstić information content (AvgIpc) is 3.12. The number of hydrogen-bond donors (Lipinski definition) is 1. The number of nitrogens with zero attached hydrogens (tertiary/aromatic N) is 4. The van der Waals surface area contributed by atoms with Crippen molar-refractivity contribution in [1.82, 2.24) is 19.8 Å². The highest BCUT2D eigenvalue weighted by molar-refractivity contribution is 8.00. The van der Waals surface area contributed by atoms with Crippen LogP contribution in [0.5, 0.6) is 0 Å². The highest BCUT2D eigenvalue weighted by atomic mass is 32.2. The Morgan fingerprint density at radius 2 is 2.04 bits per heavy atom. The van der Waals surface area contributed by atoms with Crippen molar-refractivity contribution in [3.8, 4) is 11.4 Å². The molecule has 3 rings (SSSR count). The van der Waals surface area contributed by atoms with Crippen LogP contribution in [0.1, 0.15) is 33.0 Å². The van der Waals surface area contributed by atoms with Gasteiger partial charge in [-0.15, -0.1) is 10.2 Å². The fraction of sp³-hybridized carbons (Fsp3) is 0.588. The van der Waals surface area contributed by atoms with Gasteiger partial charge in [-0.05, 0) is 38.2 Å². The van der Waals surface area contributed by atoms with Crippen LogP contribution in [0.4, 0.5) is 0 Å². The molecule has 0 bridgehead atoms. The molecule has 0 radical (unpaired) electrons. The first-order valence-corrected chi connectivity index (χ1v) is 9.45. The molecule has 1 saturated heterocycles. The van der Waals surface area contributed by atoms with Crippen molar-refractivity contribution in [1.29, 1.82) is 0 Å². The smallest absolute Gasteiger partial charge is 0.235 e. The van der Waals surface area contributed by atoms with Gasteiger partial charge in [-0.3, -0.25) is 4.79 Å². The van der Waals surface area contributed by atoms with Gasteiger partial charge >= 0.3 is 0 Å². The Labute approximate surface area is 151 Å². The van der Waals surface area contributed by atoms with E-state index >= 15 is 0 Å². The van der Waals surface area contributed by atoms with E-state index in [1.165, 1.54) is 22.9 Å². The van der Waals surface area contributed by atoms with Crippen LogP contribution < -0.4 is 5.84 Å². The highest BCUT2D eigenvalue weighted by Crippen LogP contribution is 2.29. The molecule has 1 amide bonds. The summed E-state index contributed by atoms with van der Waals surface area (Å²) in [6.45, 7) is 9.79. The van der Waals surface area contributed by atoms with E-state index in [0.717, 1.165) is 24.4 Å². The quantitative estimate of drug-likeness (QED) is 0.663. The van der Waals surface area contributed by atoms with Gasteiger partial charge in [-0.2, -0.15) is 0 Å². The van der Waals surface area contributed by atoms with E-state index in [0.29, 0.717) is 22.8 Å². The van der Waals surface area contributed by atoms with Gasteiger partial charge in [0.25, 0.3) is 0 Å². The third-order valence-electron chi connectivity index (χ3n) is 4.57. The standard InChI is InChI=1S/C17H25N5O2S/c1-10-7-11(2)9-21(8-10)16(23)13(4)25-17-20-19-15(22(17)18)14-5-6-24-12(14)3/h5-6,10-11,13H,7-9,18H2,1-4H3. The van der Waals surface area contributed by atoms with E-state index < -0.39 is 0 Å². The first kappa shape index (κ1) is 17.8. The van der Waals surface area contributed by atoms with Crippen molar-refractivity contribution in [2.45, 2.75) is 44.5 Å². The van der Waals surface area contributed by atoms with E-state index in [9.17, 15) is 4.79 Å². The van der Waals surface area contributed by atoms with E-state index in [1.54, 1.807) is 6.26 Å². The molecule has 7 nitrogen and oxygen atoms in total. The summed E-state index contributed by atoms with van der Waals surface area (Å²) in [7, 11) is 0. The van der Waals surface area contributed by atoms with Crippen LogP contribution in [0, 0.1) is 18.8 Å². The van der Waals surface area contributed by atoms with Gasteiger partial charge in [0.2, 0.25) is 11.1 Å². The van der Waals surface area contributed by atoms with Gasteiger partial charge in [-0.1, -0.05) is 25.6 Å². The molecule has 3 atom stereocenters. The second kappa shape index (κ2) is 7.11. The average molecular weight is 363 g/mol. The van der Waals surface area contributed by atoms with Crippen molar-refractivity contribution < 1.29 is 9.21 Å². The topological polar surface area (TPSA) is 90.2 Å². The Hall–Kier alpha value is -1.96. The zero-order valence-corrected chi connectivity index (χ0v) is 15.9. The lowest BCUT2D eigenvalue weighted by Gasteiger charge is -2.36. The number of carbonyl (C=O) groups excluding carboxylic acids is 1. The predicted octanol–water partition coefficient (Wildman–Crippen LogP) is 2.55. The number of piperidine rings is 1. The number of aryl methyl sites for hydroxylation is 1. The molecule has 8 heteroatoms. The summed E-state index contributed by atoms with van der Waals surface area (Å²) in [5, 5.41) is 8.56. The summed E-state index contributed by atoms with van der Waals surface area (Å²) in [6.07, 6.45) is 2.77. The van der Waals surface area contributed by atoms with Crippen molar-refractivity contribution in [3.05, 3.63) is 18.1 Å².